The fraction of sp³-hybridized carbons (Fsp3) is 0.944. The molecule has 1 heterocycles. The van der Waals surface area contributed by atoms with Gasteiger partial charge in [-0.05, 0) is 33.1 Å². The van der Waals surface area contributed by atoms with Gasteiger partial charge in [-0.3, -0.25) is 9.89 Å². The summed E-state index contributed by atoms with van der Waals surface area (Å²) in [5, 5.41) is 6.71. The van der Waals surface area contributed by atoms with Gasteiger partial charge in [0, 0.05) is 49.0 Å². The Labute approximate surface area is 187 Å². The summed E-state index contributed by atoms with van der Waals surface area (Å²) >= 11 is 2.05. The van der Waals surface area contributed by atoms with E-state index in [0.717, 1.165) is 19.0 Å². The van der Waals surface area contributed by atoms with E-state index in [0.29, 0.717) is 6.42 Å². The Morgan fingerprint density at radius 1 is 1.26 bits per heavy atom. The van der Waals surface area contributed by atoms with Gasteiger partial charge in [0.05, 0.1) is 12.3 Å². The number of hydrogen-bond acceptors (Lipinski definition) is 5. The van der Waals surface area contributed by atoms with E-state index >= 15 is 0 Å². The van der Waals surface area contributed by atoms with Gasteiger partial charge in [-0.1, -0.05) is 12.8 Å². The molecule has 0 spiro atoms. The van der Waals surface area contributed by atoms with E-state index in [2.05, 4.69) is 34.2 Å². The van der Waals surface area contributed by atoms with Crippen molar-refractivity contribution in [2.75, 3.05) is 49.7 Å². The second-order valence-corrected chi connectivity index (χ2v) is 11.2. The maximum atomic E-state index is 11.4. The number of thioether (sulfide) groups is 1. The second-order valence-electron chi connectivity index (χ2n) is 7.69. The molecule has 2 aliphatic rings. The highest BCUT2D eigenvalue weighted by atomic mass is 127. The number of nitrogens with zero attached hydrogens (tertiary/aromatic N) is 2. The first-order chi connectivity index (χ1) is 12.3. The molecule has 160 valence electrons. The lowest BCUT2D eigenvalue weighted by atomic mass is 9.95. The van der Waals surface area contributed by atoms with Crippen molar-refractivity contribution in [2.45, 2.75) is 57.5 Å². The molecule has 0 aromatic rings. The van der Waals surface area contributed by atoms with Crippen LogP contribution in [-0.4, -0.2) is 80.6 Å². The molecule has 2 N–H and O–H groups in total. The zero-order valence-corrected chi connectivity index (χ0v) is 21.0. The van der Waals surface area contributed by atoms with Gasteiger partial charge in [0.1, 0.15) is 9.84 Å². The Bertz CT molecular complexity index is 560. The number of guanidine groups is 1. The van der Waals surface area contributed by atoms with Crippen LogP contribution in [0.1, 0.15) is 46.0 Å². The van der Waals surface area contributed by atoms with Crippen LogP contribution in [0.4, 0.5) is 0 Å². The summed E-state index contributed by atoms with van der Waals surface area (Å²) in [5.41, 5.74) is 0.222. The van der Waals surface area contributed by atoms with E-state index in [9.17, 15) is 8.42 Å². The fourth-order valence-electron chi connectivity index (χ4n) is 3.89. The molecule has 6 nitrogen and oxygen atoms in total. The number of rotatable bonds is 8. The molecule has 0 aromatic carbocycles. The van der Waals surface area contributed by atoms with Crippen molar-refractivity contribution < 1.29 is 8.42 Å². The summed E-state index contributed by atoms with van der Waals surface area (Å²) in [6, 6.07) is 0.0773. The van der Waals surface area contributed by atoms with E-state index in [4.69, 9.17) is 4.99 Å². The number of halogens is 1. The predicted octanol–water partition coefficient (Wildman–Crippen LogP) is 2.34. The first kappa shape index (κ1) is 25.3. The minimum atomic E-state index is -2.93. The molecule has 1 saturated heterocycles. The van der Waals surface area contributed by atoms with Crippen LogP contribution in [0.15, 0.2) is 4.99 Å². The second kappa shape index (κ2) is 12.1. The lowest BCUT2D eigenvalue weighted by molar-refractivity contribution is 0.112. The third-order valence-electron chi connectivity index (χ3n) is 5.40. The van der Waals surface area contributed by atoms with Crippen molar-refractivity contribution in [2.24, 2.45) is 4.99 Å². The van der Waals surface area contributed by atoms with Crippen LogP contribution in [0.3, 0.4) is 0 Å². The highest BCUT2D eigenvalue weighted by Gasteiger charge is 2.39. The summed E-state index contributed by atoms with van der Waals surface area (Å²) in [6.45, 7) is 8.06. The molecule has 1 unspecified atom stereocenters. The largest absolute Gasteiger partial charge is 0.357 e. The summed E-state index contributed by atoms with van der Waals surface area (Å²) in [7, 11) is -2.93. The molecule has 0 bridgehead atoms. The van der Waals surface area contributed by atoms with Crippen molar-refractivity contribution in [3.8, 4) is 0 Å². The Hall–Kier alpha value is 0.260. The SMILES string of the molecule is CCNC(=NCC1(N2CCSCC2)CCCC1)NC(C)CCS(C)(=O)=O.I. The van der Waals surface area contributed by atoms with Crippen LogP contribution in [0.2, 0.25) is 0 Å². The predicted molar refractivity (Wildman–Crippen MR) is 128 cm³/mol. The van der Waals surface area contributed by atoms with Gasteiger partial charge in [-0.2, -0.15) is 11.8 Å². The van der Waals surface area contributed by atoms with Gasteiger partial charge in [0.15, 0.2) is 5.96 Å². The van der Waals surface area contributed by atoms with Crippen LogP contribution < -0.4 is 10.6 Å². The molecular formula is C18H37IN4O2S2. The van der Waals surface area contributed by atoms with E-state index in [1.54, 1.807) is 0 Å². The minimum absolute atomic E-state index is 0. The van der Waals surface area contributed by atoms with Gasteiger partial charge in [0.25, 0.3) is 0 Å². The molecule has 27 heavy (non-hydrogen) atoms. The Balaban J connectivity index is 0.00000364. The molecule has 1 aliphatic carbocycles. The summed E-state index contributed by atoms with van der Waals surface area (Å²) < 4.78 is 22.8. The van der Waals surface area contributed by atoms with Gasteiger partial charge < -0.3 is 10.6 Å². The van der Waals surface area contributed by atoms with Crippen LogP contribution in [0.25, 0.3) is 0 Å². The normalized spacial score (nSPS) is 22.1. The summed E-state index contributed by atoms with van der Waals surface area (Å²) in [5.74, 6) is 3.47. The Kier molecular flexibility index (Phi) is 11.3. The first-order valence-electron chi connectivity index (χ1n) is 9.90. The number of aliphatic imine (C=N–C) groups is 1. The van der Waals surface area contributed by atoms with Crippen LogP contribution in [0, 0.1) is 0 Å². The average Bonchev–Trinajstić information content (AvgIpc) is 3.09. The van der Waals surface area contributed by atoms with Crippen molar-refractivity contribution in [3.63, 3.8) is 0 Å². The number of hydrogen-bond donors (Lipinski definition) is 2. The number of sulfone groups is 1. The number of nitrogens with one attached hydrogen (secondary N) is 2. The molecule has 1 saturated carbocycles. The molecule has 0 aromatic heterocycles. The zero-order chi connectivity index (χ0) is 19.0. The van der Waals surface area contributed by atoms with E-state index in [1.807, 2.05) is 6.92 Å². The minimum Gasteiger partial charge on any atom is -0.357 e. The molecular weight excluding hydrogens is 495 g/mol. The standard InChI is InChI=1S/C18H36N4O2S2.HI/c1-4-19-17(21-16(2)7-14-26(3,23)24)20-15-18(8-5-6-9-18)22-10-12-25-13-11-22;/h16H,4-15H2,1-3H3,(H2,19,20,21);1H. The van der Waals surface area contributed by atoms with Gasteiger partial charge >= 0.3 is 0 Å². The smallest absolute Gasteiger partial charge is 0.191 e. The monoisotopic (exact) mass is 532 g/mol. The van der Waals surface area contributed by atoms with E-state index in [-0.39, 0.29) is 41.3 Å². The van der Waals surface area contributed by atoms with Crippen LogP contribution in [0.5, 0.6) is 0 Å². The zero-order valence-electron chi connectivity index (χ0n) is 17.0. The van der Waals surface area contributed by atoms with Crippen LogP contribution in [-0.2, 0) is 9.84 Å². The third kappa shape index (κ3) is 8.65. The molecule has 2 rings (SSSR count). The maximum absolute atomic E-state index is 11.4. The van der Waals surface area contributed by atoms with Gasteiger partial charge in [-0.15, -0.1) is 24.0 Å². The molecule has 0 radical (unpaired) electrons. The Morgan fingerprint density at radius 2 is 1.89 bits per heavy atom. The average molecular weight is 533 g/mol. The topological polar surface area (TPSA) is 73.8 Å². The summed E-state index contributed by atoms with van der Waals surface area (Å²) in [6.07, 6.45) is 6.97. The third-order valence-corrected chi connectivity index (χ3v) is 7.32. The molecule has 1 aliphatic heterocycles. The lowest BCUT2D eigenvalue weighted by Gasteiger charge is -2.42. The van der Waals surface area contributed by atoms with E-state index in [1.165, 1.54) is 56.5 Å². The Morgan fingerprint density at radius 3 is 2.44 bits per heavy atom. The van der Waals surface area contributed by atoms with Gasteiger partial charge in [0.2, 0.25) is 0 Å². The van der Waals surface area contributed by atoms with Crippen LogP contribution >= 0.6 is 35.7 Å². The van der Waals surface area contributed by atoms with Crippen molar-refractivity contribution in [1.29, 1.82) is 0 Å². The molecule has 9 heteroatoms. The van der Waals surface area contributed by atoms with Crippen molar-refractivity contribution >= 4 is 51.5 Å². The fourth-order valence-corrected chi connectivity index (χ4v) is 5.57. The summed E-state index contributed by atoms with van der Waals surface area (Å²) in [4.78, 5) is 7.60. The molecule has 1 atom stereocenters. The van der Waals surface area contributed by atoms with Crippen molar-refractivity contribution in [3.05, 3.63) is 0 Å². The van der Waals surface area contributed by atoms with E-state index < -0.39 is 9.84 Å². The highest BCUT2D eigenvalue weighted by Crippen LogP contribution is 2.37. The molecule has 0 amide bonds. The highest BCUT2D eigenvalue weighted by molar-refractivity contribution is 14.0. The quantitative estimate of drug-likeness (QED) is 0.284. The lowest BCUT2D eigenvalue weighted by Crippen LogP contribution is -2.53. The maximum Gasteiger partial charge on any atom is 0.191 e. The van der Waals surface area contributed by atoms with Gasteiger partial charge in [-0.25, -0.2) is 8.42 Å². The first-order valence-corrected chi connectivity index (χ1v) is 13.1. The van der Waals surface area contributed by atoms with Crippen molar-refractivity contribution in [1.82, 2.24) is 15.5 Å². The molecule has 2 fully saturated rings.